The van der Waals surface area contributed by atoms with Gasteiger partial charge in [-0.2, -0.15) is 0 Å². The molecule has 0 spiro atoms. The van der Waals surface area contributed by atoms with E-state index in [4.69, 9.17) is 0 Å². The monoisotopic (exact) mass is 310 g/mol. The second-order valence-electron chi connectivity index (χ2n) is 5.19. The van der Waals surface area contributed by atoms with Gasteiger partial charge in [-0.3, -0.25) is 0 Å². The van der Waals surface area contributed by atoms with Crippen molar-refractivity contribution in [3.05, 3.63) is 29.8 Å². The first kappa shape index (κ1) is 20.7. The first-order chi connectivity index (χ1) is 9.04. The fourth-order valence-electron chi connectivity index (χ4n) is 2.19. The number of rotatable bonds is 9. The van der Waals surface area contributed by atoms with E-state index in [0.717, 1.165) is 18.4 Å². The molecule has 0 saturated heterocycles. The van der Waals surface area contributed by atoms with Gasteiger partial charge in [-0.1, -0.05) is 69.7 Å². The molecule has 0 heterocycles. The van der Waals surface area contributed by atoms with E-state index < -0.39 is 12.4 Å². The number of benzene rings is 1. The zero-order valence-corrected chi connectivity index (χ0v) is 15.8. The van der Waals surface area contributed by atoms with Crippen molar-refractivity contribution >= 4 is 12.4 Å². The summed E-state index contributed by atoms with van der Waals surface area (Å²) in [6, 6.07) is 5.64. The smallest absolute Gasteiger partial charge is 0.445 e. The average Bonchev–Trinajstić information content (AvgIpc) is 2.37. The average molecular weight is 310 g/mol. The molecular formula is C15H23BF3K. The Morgan fingerprint density at radius 3 is 1.80 bits per heavy atom. The largest absolute Gasteiger partial charge is 1.00 e. The van der Waals surface area contributed by atoms with Crippen molar-refractivity contribution in [3.8, 4) is 0 Å². The molecule has 0 amide bonds. The molecule has 0 N–H and O–H groups in total. The van der Waals surface area contributed by atoms with Crippen LogP contribution in [0.3, 0.4) is 0 Å². The van der Waals surface area contributed by atoms with E-state index in [-0.39, 0.29) is 51.4 Å². The van der Waals surface area contributed by atoms with Gasteiger partial charge >= 0.3 is 58.4 Å². The van der Waals surface area contributed by atoms with E-state index in [2.05, 4.69) is 6.92 Å². The van der Waals surface area contributed by atoms with E-state index in [1.165, 1.54) is 50.7 Å². The first-order valence-corrected chi connectivity index (χ1v) is 7.33. The van der Waals surface area contributed by atoms with Gasteiger partial charge in [0.2, 0.25) is 0 Å². The Kier molecular flexibility index (Phi) is 11.7. The molecule has 20 heavy (non-hydrogen) atoms. The zero-order chi connectivity index (χ0) is 14.1. The van der Waals surface area contributed by atoms with Gasteiger partial charge in [0.15, 0.2) is 0 Å². The molecule has 0 aliphatic heterocycles. The summed E-state index contributed by atoms with van der Waals surface area (Å²) in [4.78, 5) is 0. The predicted octanol–water partition coefficient (Wildman–Crippen LogP) is 2.04. The van der Waals surface area contributed by atoms with E-state index in [1.54, 1.807) is 12.1 Å². The van der Waals surface area contributed by atoms with Crippen LogP contribution in [0, 0.1) is 0 Å². The first-order valence-electron chi connectivity index (χ1n) is 7.33. The van der Waals surface area contributed by atoms with Crippen LogP contribution < -0.4 is 56.8 Å². The van der Waals surface area contributed by atoms with Gasteiger partial charge < -0.3 is 12.9 Å². The standard InChI is InChI=1S/C15H23BF3.K/c1-2-3-4-5-6-7-8-9-14-10-12-15(13-11-14)16(17,18)19;/h10-13H,2-9H2,1H3;/q-1;+1. The van der Waals surface area contributed by atoms with Gasteiger partial charge in [0, 0.05) is 0 Å². The molecule has 1 aromatic carbocycles. The number of halogens is 3. The Hall–Kier alpha value is 0.711. The zero-order valence-electron chi connectivity index (χ0n) is 12.7. The van der Waals surface area contributed by atoms with Crippen LogP contribution in [0.1, 0.15) is 57.4 Å². The Balaban J connectivity index is 0.00000361. The van der Waals surface area contributed by atoms with Crippen molar-refractivity contribution in [3.63, 3.8) is 0 Å². The van der Waals surface area contributed by atoms with E-state index in [0.29, 0.717) is 0 Å². The van der Waals surface area contributed by atoms with Crippen molar-refractivity contribution in [1.29, 1.82) is 0 Å². The van der Waals surface area contributed by atoms with Gasteiger partial charge in [-0.15, -0.1) is 5.46 Å². The Bertz CT molecular complexity index is 349. The Labute approximate surface area is 163 Å². The number of hydrogen-bond acceptors (Lipinski definition) is 0. The molecule has 5 heteroatoms. The fourth-order valence-corrected chi connectivity index (χ4v) is 2.19. The molecule has 0 aliphatic rings. The molecule has 0 fully saturated rings. The molecule has 0 atom stereocenters. The summed E-state index contributed by atoms with van der Waals surface area (Å²) in [6.07, 6.45) is 9.52. The van der Waals surface area contributed by atoms with Crippen molar-refractivity contribution in [2.24, 2.45) is 0 Å². The fraction of sp³-hybridized carbons (Fsp3) is 0.600. The number of hydrogen-bond donors (Lipinski definition) is 0. The van der Waals surface area contributed by atoms with E-state index in [1.807, 2.05) is 0 Å². The van der Waals surface area contributed by atoms with Gasteiger partial charge in [-0.25, -0.2) is 0 Å². The minimum Gasteiger partial charge on any atom is -0.445 e. The van der Waals surface area contributed by atoms with Gasteiger partial charge in [0.1, 0.15) is 0 Å². The SMILES string of the molecule is CCCCCCCCCc1ccc([B-](F)(F)F)cc1.[K+]. The maximum Gasteiger partial charge on any atom is 1.00 e. The summed E-state index contributed by atoms with van der Waals surface area (Å²) in [7, 11) is 0. The molecule has 0 saturated carbocycles. The van der Waals surface area contributed by atoms with Crippen LogP contribution in [0.25, 0.3) is 0 Å². The van der Waals surface area contributed by atoms with E-state index >= 15 is 0 Å². The van der Waals surface area contributed by atoms with Crippen LogP contribution in [0.2, 0.25) is 0 Å². The number of aryl methyl sites for hydroxylation is 1. The molecule has 0 aromatic heterocycles. The van der Waals surface area contributed by atoms with Gasteiger partial charge in [0.25, 0.3) is 0 Å². The van der Waals surface area contributed by atoms with Crippen molar-refractivity contribution in [2.75, 3.05) is 0 Å². The minimum atomic E-state index is -4.85. The molecule has 1 rings (SSSR count). The summed E-state index contributed by atoms with van der Waals surface area (Å²) < 4.78 is 37.3. The summed E-state index contributed by atoms with van der Waals surface area (Å²) in [5.74, 6) is 0. The number of unbranched alkanes of at least 4 members (excludes halogenated alkanes) is 6. The second-order valence-corrected chi connectivity index (χ2v) is 5.19. The molecular weight excluding hydrogens is 287 g/mol. The second kappa shape index (κ2) is 11.3. The van der Waals surface area contributed by atoms with Crippen LogP contribution in [0.4, 0.5) is 12.9 Å². The minimum absolute atomic E-state index is 0. The van der Waals surface area contributed by atoms with E-state index in [9.17, 15) is 12.9 Å². The topological polar surface area (TPSA) is 0 Å². The van der Waals surface area contributed by atoms with Crippen molar-refractivity contribution in [1.82, 2.24) is 0 Å². The van der Waals surface area contributed by atoms with Crippen LogP contribution >= 0.6 is 0 Å². The molecule has 0 aliphatic carbocycles. The van der Waals surface area contributed by atoms with Gasteiger partial charge in [0.05, 0.1) is 0 Å². The third kappa shape index (κ3) is 8.88. The Morgan fingerprint density at radius 2 is 1.30 bits per heavy atom. The molecule has 0 radical (unpaired) electrons. The van der Waals surface area contributed by atoms with Crippen LogP contribution in [0.15, 0.2) is 24.3 Å². The van der Waals surface area contributed by atoms with Crippen LogP contribution in [0.5, 0.6) is 0 Å². The summed E-state index contributed by atoms with van der Waals surface area (Å²) in [5, 5.41) is 0. The molecule has 0 nitrogen and oxygen atoms in total. The summed E-state index contributed by atoms with van der Waals surface area (Å²) in [5.41, 5.74) is 0.515. The van der Waals surface area contributed by atoms with Crippen LogP contribution in [-0.4, -0.2) is 6.98 Å². The van der Waals surface area contributed by atoms with Gasteiger partial charge in [-0.05, 0) is 18.4 Å². The summed E-state index contributed by atoms with van der Waals surface area (Å²) >= 11 is 0. The summed E-state index contributed by atoms with van der Waals surface area (Å²) in [6.45, 7) is -2.65. The predicted molar refractivity (Wildman–Crippen MR) is 76.9 cm³/mol. The molecule has 0 unspecified atom stereocenters. The van der Waals surface area contributed by atoms with Crippen molar-refractivity contribution in [2.45, 2.75) is 58.3 Å². The molecule has 1 aromatic rings. The molecule has 0 bridgehead atoms. The molecule has 108 valence electrons. The normalized spacial score (nSPS) is 11.2. The van der Waals surface area contributed by atoms with Crippen LogP contribution in [-0.2, 0) is 6.42 Å². The maximum atomic E-state index is 12.4. The van der Waals surface area contributed by atoms with Crippen molar-refractivity contribution < 1.29 is 64.3 Å². The maximum absolute atomic E-state index is 12.4. The third-order valence-corrected chi connectivity index (χ3v) is 3.43. The third-order valence-electron chi connectivity index (χ3n) is 3.43. The Morgan fingerprint density at radius 1 is 0.800 bits per heavy atom. The quantitative estimate of drug-likeness (QED) is 0.484.